The molecule has 0 unspecified atom stereocenters. The van der Waals surface area contributed by atoms with Crippen LogP contribution in [0.4, 0.5) is 18.9 Å². The Kier molecular flexibility index (Phi) is 13.3. The van der Waals surface area contributed by atoms with E-state index in [0.29, 0.717) is 37.4 Å². The number of rotatable bonds is 11. The molecule has 0 aliphatic carbocycles. The Morgan fingerprint density at radius 2 is 1.77 bits per heavy atom. The maximum Gasteiger partial charge on any atom is 0.313 e. The molecule has 3 amide bonds. The van der Waals surface area contributed by atoms with E-state index in [9.17, 15) is 37.1 Å². The molecule has 0 bridgehead atoms. The fraction of sp³-hybridized carbons (Fsp3) is 0.457. The lowest BCUT2D eigenvalue weighted by Crippen LogP contribution is -2.50. The summed E-state index contributed by atoms with van der Waals surface area (Å²) < 4.78 is 52.2. The van der Waals surface area contributed by atoms with Gasteiger partial charge in [0.25, 0.3) is 0 Å². The predicted molar refractivity (Wildman–Crippen MR) is 172 cm³/mol. The van der Waals surface area contributed by atoms with Crippen LogP contribution in [-0.2, 0) is 34.1 Å². The molecule has 1 fully saturated rings. The van der Waals surface area contributed by atoms with Crippen molar-refractivity contribution in [3.63, 3.8) is 0 Å². The molecule has 10 nitrogen and oxygen atoms in total. The summed E-state index contributed by atoms with van der Waals surface area (Å²) in [5.74, 6) is -9.93. The molecule has 2 N–H and O–H groups in total. The summed E-state index contributed by atoms with van der Waals surface area (Å²) in [4.78, 5) is 67.0. The number of amides is 3. The Morgan fingerprint density at radius 1 is 1.06 bits per heavy atom. The van der Waals surface area contributed by atoms with Gasteiger partial charge < -0.3 is 25.0 Å². The number of esters is 1. The molecule has 1 heterocycles. The predicted octanol–water partition coefficient (Wildman–Crippen LogP) is 4.92. The number of Topliss-reactive ketones (excluding diaryl/α,β-unsaturated/α-hetero) is 1. The Bertz CT molecular complexity index is 1510. The lowest BCUT2D eigenvalue weighted by atomic mass is 9.86. The lowest BCUT2D eigenvalue weighted by Gasteiger charge is -2.30. The van der Waals surface area contributed by atoms with E-state index in [4.69, 9.17) is 9.47 Å². The summed E-state index contributed by atoms with van der Waals surface area (Å²) in [6.07, 6.45) is 2.88. The molecular weight excluding hydrogens is 631 g/mol. The van der Waals surface area contributed by atoms with Gasteiger partial charge in [0.05, 0.1) is 12.3 Å². The number of anilines is 1. The van der Waals surface area contributed by atoms with Gasteiger partial charge in [-0.2, -0.15) is 4.39 Å². The fourth-order valence-corrected chi connectivity index (χ4v) is 5.28. The second-order valence-electron chi connectivity index (χ2n) is 12.6. The van der Waals surface area contributed by atoms with Gasteiger partial charge in [-0.3, -0.25) is 24.0 Å². The maximum absolute atomic E-state index is 14.3. The zero-order valence-corrected chi connectivity index (χ0v) is 27.6. The number of halogens is 3. The average molecular weight is 674 g/mol. The van der Waals surface area contributed by atoms with E-state index in [2.05, 4.69) is 17.2 Å². The quantitative estimate of drug-likeness (QED) is 0.150. The maximum atomic E-state index is 14.3. The average Bonchev–Trinajstić information content (AvgIpc) is 3.01. The van der Waals surface area contributed by atoms with Crippen LogP contribution >= 0.6 is 0 Å². The van der Waals surface area contributed by atoms with E-state index in [-0.39, 0.29) is 30.7 Å². The SMILES string of the molecule is C=CCOC(=O)C[C@H](NC(=O)[C@@H]1CCCCCN(C(=O)C(=O)Nc2ccccc2C(C)(C)C)C1)C(=O)COc1c(C)c(F)cc(F)c1F. The van der Waals surface area contributed by atoms with Crippen molar-refractivity contribution in [3.8, 4) is 5.75 Å². The molecule has 13 heteroatoms. The number of benzene rings is 2. The largest absolute Gasteiger partial charge is 0.482 e. The van der Waals surface area contributed by atoms with E-state index < -0.39 is 77.7 Å². The molecule has 1 saturated heterocycles. The van der Waals surface area contributed by atoms with Crippen LogP contribution in [0.5, 0.6) is 5.75 Å². The first-order valence-electron chi connectivity index (χ1n) is 15.7. The van der Waals surface area contributed by atoms with E-state index in [1.165, 1.54) is 11.0 Å². The summed E-state index contributed by atoms with van der Waals surface area (Å²) >= 11 is 0. The number of para-hydroxylation sites is 1. The van der Waals surface area contributed by atoms with E-state index in [1.807, 2.05) is 32.9 Å². The van der Waals surface area contributed by atoms with Crippen molar-refractivity contribution in [2.75, 3.05) is 31.6 Å². The molecule has 0 radical (unpaired) electrons. The summed E-state index contributed by atoms with van der Waals surface area (Å²) in [6.45, 7) is 9.49. The van der Waals surface area contributed by atoms with Crippen molar-refractivity contribution in [3.05, 3.63) is 71.6 Å². The Hall–Kier alpha value is -4.68. The smallest absolute Gasteiger partial charge is 0.313 e. The molecule has 0 saturated carbocycles. The van der Waals surface area contributed by atoms with Crippen molar-refractivity contribution in [2.45, 2.75) is 71.3 Å². The van der Waals surface area contributed by atoms with Crippen LogP contribution in [-0.4, -0.2) is 66.7 Å². The van der Waals surface area contributed by atoms with Crippen molar-refractivity contribution < 1.29 is 46.6 Å². The molecular formula is C35H42F3N3O7. The van der Waals surface area contributed by atoms with Gasteiger partial charge in [0.2, 0.25) is 11.7 Å². The molecule has 48 heavy (non-hydrogen) atoms. The second kappa shape index (κ2) is 16.9. The minimum absolute atomic E-state index is 0.135. The van der Waals surface area contributed by atoms with E-state index >= 15 is 0 Å². The van der Waals surface area contributed by atoms with Crippen molar-refractivity contribution in [1.29, 1.82) is 0 Å². The van der Waals surface area contributed by atoms with E-state index in [0.717, 1.165) is 12.5 Å². The molecule has 2 aromatic rings. The van der Waals surface area contributed by atoms with Crippen LogP contribution in [0.3, 0.4) is 0 Å². The van der Waals surface area contributed by atoms with Gasteiger partial charge in [-0.25, -0.2) is 8.78 Å². The molecule has 1 aliphatic rings. The number of carbonyl (C=O) groups is 5. The summed E-state index contributed by atoms with van der Waals surface area (Å²) in [5.41, 5.74) is 0.641. The van der Waals surface area contributed by atoms with Crippen LogP contribution in [0.15, 0.2) is 43.0 Å². The first-order valence-corrected chi connectivity index (χ1v) is 15.7. The third-order valence-corrected chi connectivity index (χ3v) is 7.92. The zero-order chi connectivity index (χ0) is 35.6. The van der Waals surface area contributed by atoms with Crippen molar-refractivity contribution in [2.24, 2.45) is 5.92 Å². The lowest BCUT2D eigenvalue weighted by molar-refractivity contribution is -0.146. The van der Waals surface area contributed by atoms with Crippen LogP contribution < -0.4 is 15.4 Å². The number of ether oxygens (including phenoxy) is 2. The summed E-state index contributed by atoms with van der Waals surface area (Å²) in [7, 11) is 0. The molecule has 0 aromatic heterocycles. The third kappa shape index (κ3) is 10.2. The van der Waals surface area contributed by atoms with Gasteiger partial charge in [0, 0.05) is 30.4 Å². The third-order valence-electron chi connectivity index (χ3n) is 7.92. The fourth-order valence-electron chi connectivity index (χ4n) is 5.28. The minimum atomic E-state index is -1.52. The monoisotopic (exact) mass is 673 g/mol. The summed E-state index contributed by atoms with van der Waals surface area (Å²) in [6, 6.07) is 5.97. The van der Waals surface area contributed by atoms with Crippen LogP contribution in [0, 0.1) is 30.3 Å². The first kappa shape index (κ1) is 37.8. The zero-order valence-electron chi connectivity index (χ0n) is 27.6. The molecule has 2 aromatic carbocycles. The standard InChI is InChI=1S/C35H42F3N3O7/c1-6-16-47-29(43)18-27(28(42)20-48-31-21(2)24(36)17-25(37)30(31)38)40-32(44)22-12-8-7-11-15-41(19-22)34(46)33(45)39-26-14-10-9-13-23(26)35(3,4)5/h6,9-10,13-14,17,22,27H,1,7-8,11-12,15-16,18-20H2,2-5H3,(H,39,45)(H,40,44)/t22-,27+/m1/s1. The van der Waals surface area contributed by atoms with Crippen LogP contribution in [0.1, 0.15) is 64.0 Å². The summed E-state index contributed by atoms with van der Waals surface area (Å²) in [5, 5.41) is 5.21. The Labute approximate surface area is 278 Å². The number of nitrogens with zero attached hydrogens (tertiary/aromatic N) is 1. The highest BCUT2D eigenvalue weighted by Gasteiger charge is 2.33. The van der Waals surface area contributed by atoms with Crippen molar-refractivity contribution in [1.82, 2.24) is 10.2 Å². The highest BCUT2D eigenvalue weighted by molar-refractivity contribution is 6.39. The van der Waals surface area contributed by atoms with Crippen LogP contribution in [0.25, 0.3) is 0 Å². The highest BCUT2D eigenvalue weighted by Crippen LogP contribution is 2.30. The molecule has 3 rings (SSSR count). The Morgan fingerprint density at radius 3 is 2.46 bits per heavy atom. The molecule has 2 atom stereocenters. The second-order valence-corrected chi connectivity index (χ2v) is 12.6. The van der Waals surface area contributed by atoms with Gasteiger partial charge >= 0.3 is 17.8 Å². The normalized spacial score (nSPS) is 15.7. The topological polar surface area (TPSA) is 131 Å². The number of hydrogen-bond donors (Lipinski definition) is 2. The van der Waals surface area contributed by atoms with E-state index in [1.54, 1.807) is 12.1 Å². The highest BCUT2D eigenvalue weighted by atomic mass is 19.2. The minimum Gasteiger partial charge on any atom is -0.482 e. The number of likely N-dealkylation sites (tertiary alicyclic amines) is 1. The number of hydrogen-bond acceptors (Lipinski definition) is 7. The van der Waals surface area contributed by atoms with Gasteiger partial charge in [0.15, 0.2) is 17.3 Å². The molecule has 0 spiro atoms. The van der Waals surface area contributed by atoms with Gasteiger partial charge in [0.1, 0.15) is 25.1 Å². The van der Waals surface area contributed by atoms with Gasteiger partial charge in [-0.15, -0.1) is 0 Å². The van der Waals surface area contributed by atoms with Gasteiger partial charge in [-0.1, -0.05) is 64.5 Å². The molecule has 260 valence electrons. The number of ketones is 1. The van der Waals surface area contributed by atoms with Crippen molar-refractivity contribution >= 4 is 35.2 Å². The van der Waals surface area contributed by atoms with Crippen LogP contribution in [0.2, 0.25) is 0 Å². The number of nitrogens with one attached hydrogen (secondary N) is 2. The van der Waals surface area contributed by atoms with Gasteiger partial charge in [-0.05, 0) is 36.8 Å². The first-order chi connectivity index (χ1) is 22.6. The molecule has 1 aliphatic heterocycles. The Balaban J connectivity index is 1.76. The number of carbonyl (C=O) groups excluding carboxylic acids is 5.